The van der Waals surface area contributed by atoms with Crippen LogP contribution in [0, 0.1) is 0 Å². The number of hydrogen-bond donors (Lipinski definition) is 2. The Bertz CT molecular complexity index is 1230. The molecule has 2 aromatic heterocycles. The molecule has 27 heavy (non-hydrogen) atoms. The predicted molar refractivity (Wildman–Crippen MR) is 98.6 cm³/mol. The van der Waals surface area contributed by atoms with E-state index in [4.69, 9.17) is 16.7 Å². The van der Waals surface area contributed by atoms with Crippen molar-refractivity contribution < 1.29 is 14.6 Å². The van der Waals surface area contributed by atoms with Crippen LogP contribution in [0.5, 0.6) is 5.75 Å². The zero-order valence-electron chi connectivity index (χ0n) is 13.6. The van der Waals surface area contributed by atoms with Crippen LogP contribution in [0.3, 0.4) is 0 Å². The number of nitrogens with zero attached hydrogens (tertiary/aromatic N) is 3. The van der Waals surface area contributed by atoms with Crippen molar-refractivity contribution >= 4 is 28.7 Å². The second-order valence-electron chi connectivity index (χ2n) is 5.59. The summed E-state index contributed by atoms with van der Waals surface area (Å²) < 4.78 is 5.73. The topological polar surface area (TPSA) is 110 Å². The molecular weight excluding hydrogens is 372 g/mol. The van der Waals surface area contributed by atoms with Gasteiger partial charge in [0.1, 0.15) is 0 Å². The Morgan fingerprint density at radius 2 is 2.04 bits per heavy atom. The summed E-state index contributed by atoms with van der Waals surface area (Å²) in [6.07, 6.45) is 1.05. The molecule has 0 unspecified atom stereocenters. The average Bonchev–Trinajstić information content (AvgIpc) is 3.10. The highest BCUT2D eigenvalue weighted by Crippen LogP contribution is 2.28. The van der Waals surface area contributed by atoms with Gasteiger partial charge in [-0.2, -0.15) is 5.10 Å². The van der Waals surface area contributed by atoms with E-state index in [0.717, 1.165) is 11.1 Å². The Hall–Kier alpha value is -3.65. The molecule has 0 radical (unpaired) electrons. The number of fused-ring (bicyclic) bond motifs is 1. The van der Waals surface area contributed by atoms with Crippen LogP contribution in [0.1, 0.15) is 0 Å². The van der Waals surface area contributed by atoms with Crippen molar-refractivity contribution in [3.05, 3.63) is 70.2 Å². The van der Waals surface area contributed by atoms with Gasteiger partial charge in [0.15, 0.2) is 5.75 Å². The first-order valence-corrected chi connectivity index (χ1v) is 8.14. The first kappa shape index (κ1) is 16.8. The number of ether oxygens (including phenoxy) is 1. The summed E-state index contributed by atoms with van der Waals surface area (Å²) in [5.74, 6) is 0.151. The lowest BCUT2D eigenvalue weighted by atomic mass is 10.0. The first-order valence-electron chi connectivity index (χ1n) is 7.76. The van der Waals surface area contributed by atoms with Crippen LogP contribution in [0.4, 0.5) is 4.79 Å². The molecule has 2 aromatic carbocycles. The van der Waals surface area contributed by atoms with Crippen LogP contribution >= 0.6 is 11.6 Å². The van der Waals surface area contributed by atoms with Gasteiger partial charge in [-0.05, 0) is 23.8 Å². The molecule has 2 N–H and O–H groups in total. The van der Waals surface area contributed by atoms with E-state index in [0.29, 0.717) is 15.9 Å². The fraction of sp³-hybridized carbons (Fsp3) is 0. The van der Waals surface area contributed by atoms with Crippen LogP contribution in [0.25, 0.3) is 28.0 Å². The van der Waals surface area contributed by atoms with E-state index in [9.17, 15) is 9.59 Å². The molecule has 0 aliphatic heterocycles. The van der Waals surface area contributed by atoms with Crippen molar-refractivity contribution in [2.45, 2.75) is 0 Å². The third-order valence-electron chi connectivity index (χ3n) is 3.86. The summed E-state index contributed by atoms with van der Waals surface area (Å²) >= 11 is 6.23. The van der Waals surface area contributed by atoms with Gasteiger partial charge in [0.25, 0.3) is 5.56 Å². The van der Waals surface area contributed by atoms with Crippen molar-refractivity contribution in [1.29, 1.82) is 0 Å². The fourth-order valence-corrected chi connectivity index (χ4v) is 2.92. The number of H-pyrrole nitrogens is 1. The highest BCUT2D eigenvalue weighted by Gasteiger charge is 2.11. The quantitative estimate of drug-likeness (QED) is 0.525. The number of aromatic amines is 1. The summed E-state index contributed by atoms with van der Waals surface area (Å²) in [6.45, 7) is 0. The lowest BCUT2D eigenvalue weighted by Gasteiger charge is -2.07. The molecule has 134 valence electrons. The third-order valence-corrected chi connectivity index (χ3v) is 4.19. The van der Waals surface area contributed by atoms with Gasteiger partial charge in [0.2, 0.25) is 5.95 Å². The van der Waals surface area contributed by atoms with Crippen LogP contribution < -0.4 is 10.3 Å². The van der Waals surface area contributed by atoms with Gasteiger partial charge < -0.3 is 9.84 Å². The van der Waals surface area contributed by atoms with E-state index in [-0.39, 0.29) is 17.3 Å². The minimum atomic E-state index is -1.46. The highest BCUT2D eigenvalue weighted by atomic mass is 35.5. The number of aromatic nitrogens is 4. The van der Waals surface area contributed by atoms with E-state index in [1.54, 1.807) is 18.2 Å². The van der Waals surface area contributed by atoms with Gasteiger partial charge in [-0.25, -0.2) is 14.5 Å². The Morgan fingerprint density at radius 3 is 2.81 bits per heavy atom. The molecule has 2 heterocycles. The van der Waals surface area contributed by atoms with Gasteiger partial charge in [-0.3, -0.25) is 9.78 Å². The number of nitrogens with one attached hydrogen (secondary N) is 1. The maximum Gasteiger partial charge on any atom is 0.511 e. The first-order chi connectivity index (χ1) is 13.0. The molecule has 0 fully saturated rings. The zero-order chi connectivity index (χ0) is 19.0. The summed E-state index contributed by atoms with van der Waals surface area (Å²) in [5.41, 5.74) is 1.71. The molecule has 0 atom stereocenters. The minimum absolute atomic E-state index is 0.0133. The summed E-state index contributed by atoms with van der Waals surface area (Å²) in [7, 11) is 0. The Labute approximate surface area is 156 Å². The maximum absolute atomic E-state index is 12.5. The standard InChI is InChI=1S/C18H11ClN4O4/c19-14-4-2-1-3-12(14)10-5-6-15-13(7-10)16(24)22-17(21-15)23-9-11(8-20-23)27-18(25)26/h1-9H,(H,25,26)(H,21,22,24). The van der Waals surface area contributed by atoms with Crippen molar-refractivity contribution in [2.24, 2.45) is 0 Å². The molecule has 0 aliphatic rings. The van der Waals surface area contributed by atoms with Crippen molar-refractivity contribution in [3.8, 4) is 22.8 Å². The van der Waals surface area contributed by atoms with Crippen molar-refractivity contribution in [2.75, 3.05) is 0 Å². The van der Waals surface area contributed by atoms with Gasteiger partial charge in [-0.15, -0.1) is 0 Å². The summed E-state index contributed by atoms with van der Waals surface area (Å²) in [5, 5.41) is 13.5. The predicted octanol–water partition coefficient (Wildman–Crippen LogP) is 3.49. The monoisotopic (exact) mass is 382 g/mol. The molecule has 4 aromatic rings. The van der Waals surface area contributed by atoms with E-state index in [1.165, 1.54) is 17.1 Å². The fourth-order valence-electron chi connectivity index (χ4n) is 2.67. The summed E-state index contributed by atoms with van der Waals surface area (Å²) in [4.78, 5) is 30.1. The number of benzene rings is 2. The molecule has 9 heteroatoms. The Morgan fingerprint density at radius 1 is 1.22 bits per heavy atom. The average molecular weight is 383 g/mol. The molecule has 0 saturated carbocycles. The van der Waals surface area contributed by atoms with Crippen LogP contribution in [-0.4, -0.2) is 31.0 Å². The van der Waals surface area contributed by atoms with Gasteiger partial charge in [-0.1, -0.05) is 35.9 Å². The molecule has 4 rings (SSSR count). The Balaban J connectivity index is 1.78. The Kier molecular flexibility index (Phi) is 4.09. The van der Waals surface area contributed by atoms with Crippen molar-refractivity contribution in [1.82, 2.24) is 19.7 Å². The molecule has 0 aliphatic carbocycles. The van der Waals surface area contributed by atoms with Crippen LogP contribution in [0.2, 0.25) is 5.02 Å². The minimum Gasteiger partial charge on any atom is -0.449 e. The summed E-state index contributed by atoms with van der Waals surface area (Å²) in [6, 6.07) is 12.6. The lowest BCUT2D eigenvalue weighted by molar-refractivity contribution is 0.144. The largest absolute Gasteiger partial charge is 0.511 e. The molecule has 0 saturated heterocycles. The molecule has 0 bridgehead atoms. The number of rotatable bonds is 3. The van der Waals surface area contributed by atoms with Gasteiger partial charge in [0.05, 0.1) is 23.3 Å². The molecule has 8 nitrogen and oxygen atoms in total. The molecular formula is C18H11ClN4O4. The molecule has 0 amide bonds. The van der Waals surface area contributed by atoms with E-state index < -0.39 is 6.16 Å². The number of hydrogen-bond acceptors (Lipinski definition) is 5. The van der Waals surface area contributed by atoms with E-state index in [2.05, 4.69) is 19.8 Å². The molecule has 0 spiro atoms. The number of halogens is 1. The second kappa shape index (κ2) is 6.58. The van der Waals surface area contributed by atoms with Crippen molar-refractivity contribution in [3.63, 3.8) is 0 Å². The van der Waals surface area contributed by atoms with Crippen LogP contribution in [-0.2, 0) is 0 Å². The zero-order valence-corrected chi connectivity index (χ0v) is 14.3. The SMILES string of the molecule is O=C(O)Oc1cnn(-c2nc3ccc(-c4ccccc4Cl)cc3c(=O)[nH]2)c1. The maximum atomic E-state index is 12.5. The highest BCUT2D eigenvalue weighted by molar-refractivity contribution is 6.33. The number of carbonyl (C=O) groups is 1. The van der Waals surface area contributed by atoms with Gasteiger partial charge >= 0.3 is 6.16 Å². The lowest BCUT2D eigenvalue weighted by Crippen LogP contribution is -2.14. The van der Waals surface area contributed by atoms with Gasteiger partial charge in [0, 0.05) is 10.6 Å². The second-order valence-corrected chi connectivity index (χ2v) is 6.00. The number of carboxylic acid groups (broad SMARTS) is 1. The van der Waals surface area contributed by atoms with E-state index >= 15 is 0 Å². The smallest absolute Gasteiger partial charge is 0.449 e. The van der Waals surface area contributed by atoms with E-state index in [1.807, 2.05) is 24.3 Å². The normalized spacial score (nSPS) is 10.9. The van der Waals surface area contributed by atoms with Crippen LogP contribution in [0.15, 0.2) is 59.7 Å². The third kappa shape index (κ3) is 3.25.